The van der Waals surface area contributed by atoms with E-state index >= 15 is 0 Å². The third kappa shape index (κ3) is 4.56. The van der Waals surface area contributed by atoms with Gasteiger partial charge in [0.05, 0.1) is 11.2 Å². The molecule has 112 valence electrons. The van der Waals surface area contributed by atoms with Crippen LogP contribution in [0.3, 0.4) is 0 Å². The summed E-state index contributed by atoms with van der Waals surface area (Å²) in [7, 11) is 0. The maximum Gasteiger partial charge on any atom is 0.254 e. The van der Waals surface area contributed by atoms with Gasteiger partial charge in [-0.15, -0.1) is 11.8 Å². The Hall–Kier alpha value is -1.37. The zero-order valence-corrected chi connectivity index (χ0v) is 13.6. The van der Waals surface area contributed by atoms with E-state index in [-0.39, 0.29) is 12.5 Å². The van der Waals surface area contributed by atoms with Crippen LogP contribution < -0.4 is 5.32 Å². The van der Waals surface area contributed by atoms with Gasteiger partial charge in [-0.1, -0.05) is 0 Å². The molecule has 2 rings (SSSR count). The second-order valence-corrected chi connectivity index (χ2v) is 6.62. The maximum atomic E-state index is 12.2. The Morgan fingerprint density at radius 1 is 1.52 bits per heavy atom. The molecule has 0 bridgehead atoms. The molecule has 1 atom stereocenters. The van der Waals surface area contributed by atoms with E-state index in [2.05, 4.69) is 10.3 Å². The Balaban J connectivity index is 1.97. The fourth-order valence-electron chi connectivity index (χ4n) is 1.99. The van der Waals surface area contributed by atoms with Crippen molar-refractivity contribution in [3.05, 3.63) is 46.3 Å². The number of nitrogens with zero attached hydrogens (tertiary/aromatic N) is 1. The van der Waals surface area contributed by atoms with Gasteiger partial charge in [-0.3, -0.25) is 4.79 Å². The molecule has 4 nitrogen and oxygen atoms in total. The average Bonchev–Trinajstić information content (AvgIpc) is 2.97. The van der Waals surface area contributed by atoms with E-state index < -0.39 is 5.60 Å². The Labute approximate surface area is 132 Å². The lowest BCUT2D eigenvalue weighted by molar-refractivity contribution is 0.0552. The third-order valence-electron chi connectivity index (χ3n) is 3.00. The van der Waals surface area contributed by atoms with E-state index in [9.17, 15) is 9.90 Å². The van der Waals surface area contributed by atoms with E-state index in [0.29, 0.717) is 17.0 Å². The molecule has 0 aliphatic heterocycles. The molecule has 2 aromatic heterocycles. The van der Waals surface area contributed by atoms with Crippen molar-refractivity contribution in [1.82, 2.24) is 10.3 Å². The highest BCUT2D eigenvalue weighted by atomic mass is 32.2. The summed E-state index contributed by atoms with van der Waals surface area (Å²) in [5, 5.41) is 17.8. The Kier molecular flexibility index (Phi) is 5.39. The Bertz CT molecular complexity index is 597. The van der Waals surface area contributed by atoms with Gasteiger partial charge in [0.1, 0.15) is 5.03 Å². The SMILES string of the molecule is CSc1ncccc1C(=O)NCC(C)(O)Cc1ccsc1. The van der Waals surface area contributed by atoms with Crippen LogP contribution in [0.5, 0.6) is 0 Å². The Morgan fingerprint density at radius 2 is 2.33 bits per heavy atom. The molecule has 0 saturated carbocycles. The summed E-state index contributed by atoms with van der Waals surface area (Å²) in [6.45, 7) is 1.92. The molecular formula is C15H18N2O2S2. The summed E-state index contributed by atoms with van der Waals surface area (Å²) in [5.41, 5.74) is 0.639. The van der Waals surface area contributed by atoms with Crippen molar-refractivity contribution in [3.8, 4) is 0 Å². The van der Waals surface area contributed by atoms with Crippen LogP contribution in [0.1, 0.15) is 22.8 Å². The van der Waals surface area contributed by atoms with Gasteiger partial charge in [-0.05, 0) is 47.7 Å². The third-order valence-corrected chi connectivity index (χ3v) is 4.45. The summed E-state index contributed by atoms with van der Waals surface area (Å²) in [4.78, 5) is 16.4. The molecule has 0 spiro atoms. The number of thioether (sulfide) groups is 1. The van der Waals surface area contributed by atoms with Gasteiger partial charge in [0.25, 0.3) is 5.91 Å². The van der Waals surface area contributed by atoms with E-state index in [0.717, 1.165) is 5.56 Å². The number of amides is 1. The van der Waals surface area contributed by atoms with E-state index in [1.54, 1.807) is 36.6 Å². The van der Waals surface area contributed by atoms with Gasteiger partial charge in [0, 0.05) is 19.2 Å². The highest BCUT2D eigenvalue weighted by molar-refractivity contribution is 7.98. The minimum absolute atomic E-state index is 0.199. The minimum Gasteiger partial charge on any atom is -0.388 e. The fraction of sp³-hybridized carbons (Fsp3) is 0.333. The van der Waals surface area contributed by atoms with Gasteiger partial charge < -0.3 is 10.4 Å². The molecule has 0 fully saturated rings. The van der Waals surface area contributed by atoms with Crippen molar-refractivity contribution in [2.24, 2.45) is 0 Å². The van der Waals surface area contributed by atoms with Crippen LogP contribution in [0.25, 0.3) is 0 Å². The van der Waals surface area contributed by atoms with Crippen LogP contribution >= 0.6 is 23.1 Å². The fourth-order valence-corrected chi connectivity index (χ4v) is 3.20. The van der Waals surface area contributed by atoms with Crippen molar-refractivity contribution < 1.29 is 9.90 Å². The van der Waals surface area contributed by atoms with Crippen LogP contribution in [-0.2, 0) is 6.42 Å². The van der Waals surface area contributed by atoms with Gasteiger partial charge in [0.15, 0.2) is 0 Å². The standard InChI is InChI=1S/C15H18N2O2S2/c1-15(19,8-11-5-7-21-9-11)10-17-13(18)12-4-3-6-16-14(12)20-2/h3-7,9,19H,8,10H2,1-2H3,(H,17,18). The monoisotopic (exact) mass is 322 g/mol. The molecule has 1 amide bonds. The molecule has 0 saturated heterocycles. The Morgan fingerprint density at radius 3 is 3.00 bits per heavy atom. The molecule has 21 heavy (non-hydrogen) atoms. The van der Waals surface area contributed by atoms with E-state index in [1.165, 1.54) is 11.8 Å². The number of hydrogen-bond donors (Lipinski definition) is 2. The molecule has 0 aromatic carbocycles. The first-order chi connectivity index (χ1) is 10.0. The van der Waals surface area contributed by atoms with Crippen molar-refractivity contribution in [2.75, 3.05) is 12.8 Å². The van der Waals surface area contributed by atoms with Gasteiger partial charge in [-0.2, -0.15) is 11.3 Å². The first-order valence-corrected chi connectivity index (χ1v) is 8.69. The van der Waals surface area contributed by atoms with Crippen molar-refractivity contribution in [2.45, 2.75) is 24.0 Å². The van der Waals surface area contributed by atoms with E-state index in [1.807, 2.05) is 23.1 Å². The first kappa shape index (κ1) is 16.0. The first-order valence-electron chi connectivity index (χ1n) is 6.52. The lowest BCUT2D eigenvalue weighted by atomic mass is 9.98. The van der Waals surface area contributed by atoms with E-state index in [4.69, 9.17) is 0 Å². The van der Waals surface area contributed by atoms with Crippen molar-refractivity contribution >= 4 is 29.0 Å². The van der Waals surface area contributed by atoms with Crippen molar-refractivity contribution in [3.63, 3.8) is 0 Å². The zero-order valence-electron chi connectivity index (χ0n) is 12.0. The van der Waals surface area contributed by atoms with Crippen LogP contribution in [0.2, 0.25) is 0 Å². The molecule has 1 unspecified atom stereocenters. The number of thiophene rings is 1. The van der Waals surface area contributed by atoms with Crippen LogP contribution in [-0.4, -0.2) is 34.4 Å². The summed E-state index contributed by atoms with van der Waals surface area (Å²) >= 11 is 3.02. The highest BCUT2D eigenvalue weighted by Gasteiger charge is 2.23. The predicted molar refractivity (Wildman–Crippen MR) is 87.0 cm³/mol. The van der Waals surface area contributed by atoms with Gasteiger partial charge in [-0.25, -0.2) is 4.98 Å². The molecular weight excluding hydrogens is 304 g/mol. The summed E-state index contributed by atoms with van der Waals surface area (Å²) in [6.07, 6.45) is 4.06. The molecule has 2 aromatic rings. The number of aromatic nitrogens is 1. The molecule has 2 N–H and O–H groups in total. The molecule has 2 heterocycles. The minimum atomic E-state index is -0.974. The second-order valence-electron chi connectivity index (χ2n) is 5.05. The maximum absolute atomic E-state index is 12.2. The number of pyridine rings is 1. The quantitative estimate of drug-likeness (QED) is 0.803. The molecule has 0 aliphatic rings. The van der Waals surface area contributed by atoms with Gasteiger partial charge >= 0.3 is 0 Å². The normalized spacial score (nSPS) is 13.7. The number of carbonyl (C=O) groups is 1. The lowest BCUT2D eigenvalue weighted by Gasteiger charge is -2.23. The summed E-state index contributed by atoms with van der Waals surface area (Å²) in [6, 6.07) is 5.45. The number of carbonyl (C=O) groups excluding carboxylic acids is 1. The average molecular weight is 322 g/mol. The topological polar surface area (TPSA) is 62.2 Å². The summed E-state index contributed by atoms with van der Waals surface area (Å²) < 4.78 is 0. The largest absolute Gasteiger partial charge is 0.388 e. The van der Waals surface area contributed by atoms with Gasteiger partial charge in [0.2, 0.25) is 0 Å². The molecule has 6 heteroatoms. The number of nitrogens with one attached hydrogen (secondary N) is 1. The summed E-state index contributed by atoms with van der Waals surface area (Å²) in [5.74, 6) is -0.210. The number of rotatable bonds is 6. The smallest absolute Gasteiger partial charge is 0.254 e. The zero-order chi connectivity index (χ0) is 15.3. The molecule has 0 radical (unpaired) electrons. The van der Waals surface area contributed by atoms with Crippen LogP contribution in [0.4, 0.5) is 0 Å². The highest BCUT2D eigenvalue weighted by Crippen LogP contribution is 2.18. The van der Waals surface area contributed by atoms with Crippen LogP contribution in [0, 0.1) is 0 Å². The number of hydrogen-bond acceptors (Lipinski definition) is 5. The lowest BCUT2D eigenvalue weighted by Crippen LogP contribution is -2.42. The van der Waals surface area contributed by atoms with Crippen molar-refractivity contribution in [1.29, 1.82) is 0 Å². The molecule has 0 aliphatic carbocycles. The van der Waals surface area contributed by atoms with Crippen LogP contribution in [0.15, 0.2) is 40.2 Å². The predicted octanol–water partition coefficient (Wildman–Crippen LogP) is 2.59. The second kappa shape index (κ2) is 7.06. The number of aliphatic hydroxyl groups is 1.